The predicted molar refractivity (Wildman–Crippen MR) is 47.0 cm³/mol. The lowest BCUT2D eigenvalue weighted by Gasteiger charge is -1.97. The zero-order valence-electron chi connectivity index (χ0n) is 7.03. The Labute approximate surface area is 72.3 Å². The summed E-state index contributed by atoms with van der Waals surface area (Å²) in [6.07, 6.45) is 6.26. The summed E-state index contributed by atoms with van der Waals surface area (Å²) >= 11 is 0. The molecule has 68 valence electrons. The van der Waals surface area contributed by atoms with Crippen LogP contribution in [0, 0.1) is 0 Å². The second-order valence-electron chi connectivity index (χ2n) is 2.25. The maximum absolute atomic E-state index is 9.98. The summed E-state index contributed by atoms with van der Waals surface area (Å²) < 4.78 is 5.09. The molecule has 0 atom stereocenters. The van der Waals surface area contributed by atoms with Gasteiger partial charge < -0.3 is 9.84 Å². The predicted octanol–water partition coefficient (Wildman–Crippen LogP) is 1.61. The van der Waals surface area contributed by atoms with Gasteiger partial charge in [-0.2, -0.15) is 0 Å². The van der Waals surface area contributed by atoms with Gasteiger partial charge in [0.25, 0.3) is 0 Å². The van der Waals surface area contributed by atoms with E-state index in [1.165, 1.54) is 6.08 Å². The summed E-state index contributed by atoms with van der Waals surface area (Å²) in [6, 6.07) is 0. The third kappa shape index (κ3) is 8.91. The van der Waals surface area contributed by atoms with Crippen molar-refractivity contribution in [1.82, 2.24) is 0 Å². The summed E-state index contributed by atoms with van der Waals surface area (Å²) in [7, 11) is 0. The fourth-order valence-corrected chi connectivity index (χ4v) is 0.630. The Kier molecular flexibility index (Phi) is 7.28. The van der Waals surface area contributed by atoms with E-state index in [4.69, 9.17) is 9.84 Å². The van der Waals surface area contributed by atoms with Crippen LogP contribution in [0.2, 0.25) is 0 Å². The van der Waals surface area contributed by atoms with Gasteiger partial charge in [0.2, 0.25) is 0 Å². The van der Waals surface area contributed by atoms with E-state index in [0.29, 0.717) is 13.2 Å². The van der Waals surface area contributed by atoms with Gasteiger partial charge in [-0.15, -0.1) is 6.58 Å². The number of carboxylic acid groups (broad SMARTS) is 1. The first kappa shape index (κ1) is 10.9. The van der Waals surface area contributed by atoms with E-state index in [0.717, 1.165) is 18.9 Å². The Bertz CT molecular complexity index is 161. The van der Waals surface area contributed by atoms with E-state index in [9.17, 15) is 4.79 Å². The number of unbranched alkanes of at least 4 members (excludes halogenated alkanes) is 1. The van der Waals surface area contributed by atoms with Gasteiger partial charge in [-0.1, -0.05) is 12.2 Å². The Morgan fingerprint density at radius 2 is 2.33 bits per heavy atom. The van der Waals surface area contributed by atoms with Crippen LogP contribution in [0.4, 0.5) is 0 Å². The first-order valence-electron chi connectivity index (χ1n) is 3.85. The van der Waals surface area contributed by atoms with Gasteiger partial charge in [-0.25, -0.2) is 4.79 Å². The Hall–Kier alpha value is -1.09. The van der Waals surface area contributed by atoms with Crippen LogP contribution in [-0.4, -0.2) is 24.3 Å². The first-order chi connectivity index (χ1) is 5.77. The van der Waals surface area contributed by atoms with Crippen LogP contribution in [0.1, 0.15) is 12.8 Å². The highest BCUT2D eigenvalue weighted by Crippen LogP contribution is 1.90. The van der Waals surface area contributed by atoms with Crippen LogP contribution in [0.5, 0.6) is 0 Å². The molecule has 0 radical (unpaired) electrons. The molecule has 0 bridgehead atoms. The summed E-state index contributed by atoms with van der Waals surface area (Å²) in [5.41, 5.74) is 0. The van der Waals surface area contributed by atoms with E-state index >= 15 is 0 Å². The van der Waals surface area contributed by atoms with Crippen molar-refractivity contribution >= 4 is 5.97 Å². The number of rotatable bonds is 7. The molecule has 0 aromatic heterocycles. The monoisotopic (exact) mass is 170 g/mol. The van der Waals surface area contributed by atoms with Gasteiger partial charge >= 0.3 is 5.97 Å². The van der Waals surface area contributed by atoms with E-state index < -0.39 is 5.97 Å². The van der Waals surface area contributed by atoms with Crippen LogP contribution in [0.15, 0.2) is 24.8 Å². The highest BCUT2D eigenvalue weighted by Gasteiger charge is 1.86. The molecule has 0 saturated heterocycles. The van der Waals surface area contributed by atoms with Crippen LogP contribution >= 0.6 is 0 Å². The van der Waals surface area contributed by atoms with Crippen molar-refractivity contribution in [2.24, 2.45) is 0 Å². The Morgan fingerprint density at radius 1 is 1.58 bits per heavy atom. The second kappa shape index (κ2) is 8.01. The van der Waals surface area contributed by atoms with Gasteiger partial charge in [0.1, 0.15) is 0 Å². The van der Waals surface area contributed by atoms with Gasteiger partial charge in [-0.05, 0) is 12.8 Å². The summed E-state index contributed by atoms with van der Waals surface area (Å²) in [4.78, 5) is 9.98. The molecule has 1 N–H and O–H groups in total. The van der Waals surface area contributed by atoms with E-state index in [1.54, 1.807) is 0 Å². The normalized spacial score (nSPS) is 10.3. The number of hydrogen-bond donors (Lipinski definition) is 1. The molecule has 0 amide bonds. The minimum absolute atomic E-state index is 0.365. The molecule has 3 heteroatoms. The number of carboxylic acids is 1. The van der Waals surface area contributed by atoms with Gasteiger partial charge in [-0.3, -0.25) is 0 Å². The largest absolute Gasteiger partial charge is 0.478 e. The van der Waals surface area contributed by atoms with Gasteiger partial charge in [0.05, 0.1) is 6.61 Å². The molecule has 0 unspecified atom stereocenters. The third-order valence-electron chi connectivity index (χ3n) is 1.17. The molecule has 12 heavy (non-hydrogen) atoms. The number of hydrogen-bond acceptors (Lipinski definition) is 2. The third-order valence-corrected chi connectivity index (χ3v) is 1.17. The molecule has 0 aliphatic heterocycles. The van der Waals surface area contributed by atoms with Crippen molar-refractivity contribution in [1.29, 1.82) is 0 Å². The minimum Gasteiger partial charge on any atom is -0.478 e. The maximum atomic E-state index is 9.98. The zero-order chi connectivity index (χ0) is 9.23. The molecule has 0 aromatic carbocycles. The zero-order valence-corrected chi connectivity index (χ0v) is 7.03. The SMILES string of the molecule is C=CCCCOC/C=C/C(=O)O. The lowest BCUT2D eigenvalue weighted by molar-refractivity contribution is -0.131. The standard InChI is InChI=1S/C9H14O3/c1-2-3-4-7-12-8-5-6-9(10)11/h2,5-6H,1,3-4,7-8H2,(H,10,11)/b6-5+. The fraction of sp³-hybridized carbons (Fsp3) is 0.444. The van der Waals surface area contributed by atoms with Gasteiger partial charge in [0.15, 0.2) is 0 Å². The molecule has 0 aliphatic carbocycles. The van der Waals surface area contributed by atoms with Crippen molar-refractivity contribution in [2.75, 3.05) is 13.2 Å². The Morgan fingerprint density at radius 3 is 2.92 bits per heavy atom. The molecular formula is C9H14O3. The molecular weight excluding hydrogens is 156 g/mol. The molecule has 0 aromatic rings. The lowest BCUT2D eigenvalue weighted by atomic mass is 10.3. The highest BCUT2D eigenvalue weighted by atomic mass is 16.5. The lowest BCUT2D eigenvalue weighted by Crippen LogP contribution is -1.95. The van der Waals surface area contributed by atoms with Crippen molar-refractivity contribution in [2.45, 2.75) is 12.8 Å². The average Bonchev–Trinajstić information content (AvgIpc) is 2.02. The van der Waals surface area contributed by atoms with E-state index in [1.807, 2.05) is 6.08 Å². The van der Waals surface area contributed by atoms with Gasteiger partial charge in [0, 0.05) is 12.7 Å². The van der Waals surface area contributed by atoms with Crippen molar-refractivity contribution in [3.63, 3.8) is 0 Å². The molecule has 0 rings (SSSR count). The maximum Gasteiger partial charge on any atom is 0.328 e. The summed E-state index contributed by atoms with van der Waals surface area (Å²) in [5, 5.41) is 8.20. The molecule has 0 saturated carbocycles. The number of ether oxygens (including phenoxy) is 1. The smallest absolute Gasteiger partial charge is 0.328 e. The Balaban J connectivity index is 3.10. The topological polar surface area (TPSA) is 46.5 Å². The number of carbonyl (C=O) groups is 1. The van der Waals surface area contributed by atoms with Crippen LogP contribution in [-0.2, 0) is 9.53 Å². The molecule has 3 nitrogen and oxygen atoms in total. The number of allylic oxidation sites excluding steroid dienone is 1. The minimum atomic E-state index is -0.940. The molecule has 0 heterocycles. The van der Waals surface area contributed by atoms with E-state index in [-0.39, 0.29) is 0 Å². The van der Waals surface area contributed by atoms with Crippen molar-refractivity contribution in [3.8, 4) is 0 Å². The summed E-state index contributed by atoms with van der Waals surface area (Å²) in [6.45, 7) is 4.58. The van der Waals surface area contributed by atoms with Crippen molar-refractivity contribution < 1.29 is 14.6 Å². The molecule has 0 spiro atoms. The average molecular weight is 170 g/mol. The second-order valence-corrected chi connectivity index (χ2v) is 2.25. The quantitative estimate of drug-likeness (QED) is 0.358. The van der Waals surface area contributed by atoms with E-state index in [2.05, 4.69) is 6.58 Å². The summed E-state index contributed by atoms with van der Waals surface area (Å²) in [5.74, 6) is -0.940. The number of aliphatic carboxylic acids is 1. The van der Waals surface area contributed by atoms with Crippen molar-refractivity contribution in [3.05, 3.63) is 24.8 Å². The molecule has 0 aliphatic rings. The first-order valence-corrected chi connectivity index (χ1v) is 3.85. The fourth-order valence-electron chi connectivity index (χ4n) is 0.630. The molecule has 0 fully saturated rings. The van der Waals surface area contributed by atoms with Crippen LogP contribution < -0.4 is 0 Å². The highest BCUT2D eigenvalue weighted by molar-refractivity contribution is 5.79. The van der Waals surface area contributed by atoms with Crippen LogP contribution in [0.25, 0.3) is 0 Å². The van der Waals surface area contributed by atoms with Crippen LogP contribution in [0.3, 0.4) is 0 Å².